The molecule has 0 aliphatic rings. The van der Waals surface area contributed by atoms with Crippen LogP contribution in [-0.2, 0) is 10.0 Å². The Kier molecular flexibility index (Phi) is 7.19. The molecule has 3 rings (SSSR count). The van der Waals surface area contributed by atoms with E-state index in [0.29, 0.717) is 32.9 Å². The summed E-state index contributed by atoms with van der Waals surface area (Å²) in [6, 6.07) is 18.4. The van der Waals surface area contributed by atoms with E-state index in [1.807, 2.05) is 6.07 Å². The quantitative estimate of drug-likeness (QED) is 0.357. The first-order chi connectivity index (χ1) is 14.3. The van der Waals surface area contributed by atoms with Gasteiger partial charge in [0.05, 0.1) is 28.4 Å². The number of anilines is 3. The van der Waals surface area contributed by atoms with E-state index in [1.165, 1.54) is 19.2 Å². The van der Waals surface area contributed by atoms with Gasteiger partial charge in [0, 0.05) is 10.2 Å². The Bertz CT molecular complexity index is 1170. The minimum absolute atomic E-state index is 0.105. The fourth-order valence-electron chi connectivity index (χ4n) is 2.53. The van der Waals surface area contributed by atoms with Gasteiger partial charge in [-0.1, -0.05) is 39.7 Å². The second-order valence-corrected chi connectivity index (χ2v) is 9.45. The van der Waals surface area contributed by atoms with E-state index in [2.05, 4.69) is 31.3 Å². The molecular formula is C20H17BrClN3O3S2. The molecule has 0 aromatic heterocycles. The Morgan fingerprint density at radius 2 is 1.70 bits per heavy atom. The smallest absolute Gasteiger partial charge is 0.262 e. The van der Waals surface area contributed by atoms with Crippen LogP contribution >= 0.6 is 39.7 Å². The van der Waals surface area contributed by atoms with Crippen LogP contribution in [0.5, 0.6) is 5.75 Å². The zero-order valence-corrected chi connectivity index (χ0v) is 19.6. The van der Waals surface area contributed by atoms with Crippen LogP contribution in [0.4, 0.5) is 17.1 Å². The van der Waals surface area contributed by atoms with Crippen molar-refractivity contribution in [1.82, 2.24) is 0 Å². The number of halogens is 2. The van der Waals surface area contributed by atoms with E-state index >= 15 is 0 Å². The van der Waals surface area contributed by atoms with Gasteiger partial charge in [-0.3, -0.25) is 4.72 Å². The molecule has 6 nitrogen and oxygen atoms in total. The third-order valence-corrected chi connectivity index (χ3v) is 6.34. The van der Waals surface area contributed by atoms with Gasteiger partial charge in [-0.25, -0.2) is 8.42 Å². The summed E-state index contributed by atoms with van der Waals surface area (Å²) < 4.78 is 33.9. The molecule has 0 radical (unpaired) electrons. The highest BCUT2D eigenvalue weighted by Gasteiger charge is 2.16. The van der Waals surface area contributed by atoms with Crippen molar-refractivity contribution in [1.29, 1.82) is 0 Å². The second-order valence-electron chi connectivity index (χ2n) is 6.03. The summed E-state index contributed by atoms with van der Waals surface area (Å²) in [6.45, 7) is 0. The number of thiocarbonyl (C=S) groups is 1. The molecule has 0 heterocycles. The zero-order chi connectivity index (χ0) is 21.7. The Labute approximate surface area is 193 Å². The van der Waals surface area contributed by atoms with Crippen LogP contribution in [-0.4, -0.2) is 20.6 Å². The first-order valence-corrected chi connectivity index (χ1v) is 11.6. The second kappa shape index (κ2) is 9.65. The maximum Gasteiger partial charge on any atom is 0.262 e. The van der Waals surface area contributed by atoms with Gasteiger partial charge < -0.3 is 15.4 Å². The van der Waals surface area contributed by atoms with Crippen LogP contribution in [0, 0.1) is 0 Å². The summed E-state index contributed by atoms with van der Waals surface area (Å²) in [5, 5.41) is 6.83. The van der Waals surface area contributed by atoms with Crippen molar-refractivity contribution in [3.05, 3.63) is 76.2 Å². The van der Waals surface area contributed by atoms with E-state index in [1.54, 1.807) is 48.5 Å². The molecule has 0 atom stereocenters. The fourth-order valence-corrected chi connectivity index (χ4v) is 4.54. The molecule has 0 fully saturated rings. The van der Waals surface area contributed by atoms with Gasteiger partial charge in [0.25, 0.3) is 10.0 Å². The molecule has 30 heavy (non-hydrogen) atoms. The minimum atomic E-state index is -3.78. The molecule has 0 saturated heterocycles. The van der Waals surface area contributed by atoms with Gasteiger partial charge in [0.1, 0.15) is 5.75 Å². The van der Waals surface area contributed by atoms with Crippen LogP contribution in [0.2, 0.25) is 5.02 Å². The average Bonchev–Trinajstić information content (AvgIpc) is 2.70. The lowest BCUT2D eigenvalue weighted by Gasteiger charge is -2.13. The SMILES string of the molecule is COc1ccccc1NS(=O)(=O)c1ccc(NC(=S)Nc2ccc(Br)cc2Cl)cc1. The molecule has 0 bridgehead atoms. The number of nitrogens with one attached hydrogen (secondary N) is 3. The third kappa shape index (κ3) is 5.63. The molecule has 0 aliphatic heterocycles. The number of ether oxygens (including phenoxy) is 1. The number of rotatable bonds is 6. The normalized spacial score (nSPS) is 10.9. The predicted molar refractivity (Wildman–Crippen MR) is 129 cm³/mol. The van der Waals surface area contributed by atoms with Gasteiger partial charge in [-0.2, -0.15) is 0 Å². The van der Waals surface area contributed by atoms with Crippen molar-refractivity contribution in [2.75, 3.05) is 22.5 Å². The molecule has 0 unspecified atom stereocenters. The van der Waals surface area contributed by atoms with Gasteiger partial charge in [-0.05, 0) is 66.8 Å². The molecule has 3 aromatic rings. The summed E-state index contributed by atoms with van der Waals surface area (Å²) in [5.74, 6) is 0.433. The Balaban J connectivity index is 1.68. The van der Waals surface area contributed by atoms with Gasteiger partial charge >= 0.3 is 0 Å². The maximum absolute atomic E-state index is 12.7. The topological polar surface area (TPSA) is 79.5 Å². The summed E-state index contributed by atoms with van der Waals surface area (Å²) in [7, 11) is -2.30. The Morgan fingerprint density at radius 1 is 1.00 bits per heavy atom. The Hall–Kier alpha value is -2.33. The maximum atomic E-state index is 12.7. The lowest BCUT2D eigenvalue weighted by atomic mass is 10.3. The third-order valence-electron chi connectivity index (χ3n) is 3.95. The van der Waals surface area contributed by atoms with Crippen LogP contribution in [0.15, 0.2) is 76.1 Å². The van der Waals surface area contributed by atoms with Gasteiger partial charge in [0.15, 0.2) is 5.11 Å². The van der Waals surface area contributed by atoms with E-state index in [9.17, 15) is 8.42 Å². The van der Waals surface area contributed by atoms with Crippen molar-refractivity contribution < 1.29 is 13.2 Å². The first kappa shape index (κ1) is 22.4. The van der Waals surface area contributed by atoms with Crippen molar-refractivity contribution >= 4 is 71.9 Å². The lowest BCUT2D eigenvalue weighted by Crippen LogP contribution is -2.19. The van der Waals surface area contributed by atoms with Gasteiger partial charge in [-0.15, -0.1) is 0 Å². The highest BCUT2D eigenvalue weighted by molar-refractivity contribution is 9.10. The molecule has 3 N–H and O–H groups in total. The molecule has 0 saturated carbocycles. The van der Waals surface area contributed by atoms with Crippen molar-refractivity contribution in [3.63, 3.8) is 0 Å². The fraction of sp³-hybridized carbons (Fsp3) is 0.0500. The van der Waals surface area contributed by atoms with Crippen LogP contribution in [0.1, 0.15) is 0 Å². The summed E-state index contributed by atoms with van der Waals surface area (Å²) in [6.07, 6.45) is 0. The number of para-hydroxylation sites is 2. The number of hydrogen-bond acceptors (Lipinski definition) is 4. The minimum Gasteiger partial charge on any atom is -0.495 e. The summed E-state index contributed by atoms with van der Waals surface area (Å²) >= 11 is 14.8. The molecule has 10 heteroatoms. The van der Waals surface area contributed by atoms with Crippen LogP contribution < -0.4 is 20.1 Å². The predicted octanol–water partition coefficient (Wildman–Crippen LogP) is 5.72. The molecule has 0 amide bonds. The molecular weight excluding hydrogens is 510 g/mol. The lowest BCUT2D eigenvalue weighted by molar-refractivity contribution is 0.417. The number of hydrogen-bond donors (Lipinski definition) is 3. The standard InChI is InChI=1S/C20H17BrClN3O3S2/c1-28-19-5-3-2-4-18(19)25-30(26,27)15-9-7-14(8-10-15)23-20(29)24-17-11-6-13(21)12-16(17)22/h2-12,25H,1H3,(H2,23,24,29). The average molecular weight is 527 g/mol. The van der Waals surface area contributed by atoms with E-state index in [-0.39, 0.29) is 4.90 Å². The van der Waals surface area contributed by atoms with E-state index in [4.69, 9.17) is 28.6 Å². The highest BCUT2D eigenvalue weighted by atomic mass is 79.9. The van der Waals surface area contributed by atoms with Crippen LogP contribution in [0.25, 0.3) is 0 Å². The zero-order valence-electron chi connectivity index (χ0n) is 15.6. The van der Waals surface area contributed by atoms with Crippen molar-refractivity contribution in [2.45, 2.75) is 4.90 Å². The van der Waals surface area contributed by atoms with Crippen molar-refractivity contribution in [3.8, 4) is 5.75 Å². The summed E-state index contributed by atoms with van der Waals surface area (Å²) in [5.41, 5.74) is 1.63. The van der Waals surface area contributed by atoms with Crippen LogP contribution in [0.3, 0.4) is 0 Å². The molecule has 3 aromatic carbocycles. The van der Waals surface area contributed by atoms with Crippen molar-refractivity contribution in [2.24, 2.45) is 0 Å². The number of methoxy groups -OCH3 is 1. The first-order valence-electron chi connectivity index (χ1n) is 8.57. The van der Waals surface area contributed by atoms with E-state index < -0.39 is 10.0 Å². The Morgan fingerprint density at radius 3 is 2.37 bits per heavy atom. The highest BCUT2D eigenvalue weighted by Crippen LogP contribution is 2.27. The van der Waals surface area contributed by atoms with E-state index in [0.717, 1.165) is 4.47 Å². The molecule has 0 aliphatic carbocycles. The number of benzene rings is 3. The monoisotopic (exact) mass is 525 g/mol. The largest absolute Gasteiger partial charge is 0.495 e. The molecule has 156 valence electrons. The van der Waals surface area contributed by atoms with Gasteiger partial charge in [0.2, 0.25) is 0 Å². The number of sulfonamides is 1. The summed E-state index contributed by atoms with van der Waals surface area (Å²) in [4.78, 5) is 0.105. The molecule has 0 spiro atoms.